The molecule has 2 heterocycles. The van der Waals surface area contributed by atoms with Crippen molar-refractivity contribution in [1.29, 1.82) is 0 Å². The Morgan fingerprint density at radius 3 is 3.00 bits per heavy atom. The number of aromatic nitrogens is 1. The first kappa shape index (κ1) is 13.3. The van der Waals surface area contributed by atoms with Crippen molar-refractivity contribution < 1.29 is 8.42 Å². The van der Waals surface area contributed by atoms with Gasteiger partial charge in [0.1, 0.15) is 5.01 Å². The van der Waals surface area contributed by atoms with Gasteiger partial charge in [0.05, 0.1) is 26.7 Å². The van der Waals surface area contributed by atoms with Crippen LogP contribution in [-0.4, -0.2) is 30.9 Å². The molecule has 0 spiro atoms. The van der Waals surface area contributed by atoms with E-state index in [2.05, 4.69) is 10.3 Å². The Balaban J connectivity index is 1.71. The minimum atomic E-state index is -2.83. The standard InChI is InChI=1S/C12H13ClN2O2S2/c13-9-2-1-3-10-12(9)18-11(15-10)6-14-8-4-5-19(16,17)7-8/h1-3,8,14H,4-7H2. The van der Waals surface area contributed by atoms with Crippen molar-refractivity contribution in [2.75, 3.05) is 11.5 Å². The van der Waals surface area contributed by atoms with Crippen LogP contribution in [-0.2, 0) is 16.4 Å². The number of hydrogen-bond donors (Lipinski definition) is 1. The summed E-state index contributed by atoms with van der Waals surface area (Å²) < 4.78 is 23.7. The number of halogens is 1. The largest absolute Gasteiger partial charge is 0.307 e. The average Bonchev–Trinajstić information content (AvgIpc) is 2.91. The van der Waals surface area contributed by atoms with Gasteiger partial charge in [-0.05, 0) is 18.6 Å². The highest BCUT2D eigenvalue weighted by Crippen LogP contribution is 2.29. The summed E-state index contributed by atoms with van der Waals surface area (Å²) in [6.07, 6.45) is 0.688. The number of fused-ring (bicyclic) bond motifs is 1. The molecule has 1 aromatic carbocycles. The van der Waals surface area contributed by atoms with Crippen LogP contribution >= 0.6 is 22.9 Å². The first-order chi connectivity index (χ1) is 9.03. The maximum absolute atomic E-state index is 11.4. The Morgan fingerprint density at radius 2 is 2.32 bits per heavy atom. The van der Waals surface area contributed by atoms with Gasteiger partial charge in [0, 0.05) is 12.6 Å². The van der Waals surface area contributed by atoms with E-state index in [0.717, 1.165) is 15.2 Å². The lowest BCUT2D eigenvalue weighted by Gasteiger charge is -2.07. The summed E-state index contributed by atoms with van der Waals surface area (Å²) in [5.74, 6) is 0.523. The predicted molar refractivity (Wildman–Crippen MR) is 78.5 cm³/mol. The zero-order chi connectivity index (χ0) is 13.5. The molecule has 0 aliphatic carbocycles. The minimum absolute atomic E-state index is 0.0486. The van der Waals surface area contributed by atoms with E-state index in [9.17, 15) is 8.42 Å². The van der Waals surface area contributed by atoms with Crippen LogP contribution < -0.4 is 5.32 Å². The maximum atomic E-state index is 11.4. The van der Waals surface area contributed by atoms with Crippen LogP contribution in [0.3, 0.4) is 0 Å². The molecule has 1 aromatic heterocycles. The van der Waals surface area contributed by atoms with Crippen molar-refractivity contribution in [1.82, 2.24) is 10.3 Å². The zero-order valence-corrected chi connectivity index (χ0v) is 12.5. The summed E-state index contributed by atoms with van der Waals surface area (Å²) in [6.45, 7) is 0.593. The quantitative estimate of drug-likeness (QED) is 0.943. The fourth-order valence-electron chi connectivity index (χ4n) is 2.22. The minimum Gasteiger partial charge on any atom is -0.307 e. The van der Waals surface area contributed by atoms with Crippen LogP contribution in [0.1, 0.15) is 11.4 Å². The second-order valence-corrected chi connectivity index (χ2v) is 8.40. The number of hydrogen-bond acceptors (Lipinski definition) is 5. The van der Waals surface area contributed by atoms with Crippen LogP contribution in [0.2, 0.25) is 5.02 Å². The van der Waals surface area contributed by atoms with Gasteiger partial charge >= 0.3 is 0 Å². The Bertz CT molecular complexity index is 712. The molecule has 1 aliphatic heterocycles. The number of thiazole rings is 1. The van der Waals surface area contributed by atoms with Crippen molar-refractivity contribution in [2.24, 2.45) is 0 Å². The highest BCUT2D eigenvalue weighted by Gasteiger charge is 2.27. The highest BCUT2D eigenvalue weighted by atomic mass is 35.5. The number of nitrogens with zero attached hydrogens (tertiary/aromatic N) is 1. The molecule has 0 bridgehead atoms. The van der Waals surface area contributed by atoms with Gasteiger partial charge in [-0.15, -0.1) is 11.3 Å². The molecule has 1 aliphatic rings. The van der Waals surface area contributed by atoms with E-state index in [1.807, 2.05) is 18.2 Å². The number of sulfone groups is 1. The summed E-state index contributed by atoms with van der Waals surface area (Å²) in [5, 5.41) is 4.91. The van der Waals surface area contributed by atoms with E-state index in [1.54, 1.807) is 11.3 Å². The summed E-state index contributed by atoms with van der Waals surface area (Å²) in [5.41, 5.74) is 0.897. The Morgan fingerprint density at radius 1 is 1.47 bits per heavy atom. The molecule has 1 N–H and O–H groups in total. The summed E-state index contributed by atoms with van der Waals surface area (Å²) in [6, 6.07) is 5.71. The third-order valence-electron chi connectivity index (χ3n) is 3.19. The van der Waals surface area contributed by atoms with Crippen LogP contribution in [0.4, 0.5) is 0 Å². The Labute approximate surface area is 120 Å². The fraction of sp³-hybridized carbons (Fsp3) is 0.417. The van der Waals surface area contributed by atoms with Crippen molar-refractivity contribution >= 4 is 43.0 Å². The Kier molecular flexibility index (Phi) is 3.51. The number of nitrogens with one attached hydrogen (secondary N) is 1. The van der Waals surface area contributed by atoms with E-state index in [1.165, 1.54) is 0 Å². The molecule has 2 aromatic rings. The molecule has 0 saturated carbocycles. The molecule has 7 heteroatoms. The van der Waals surface area contributed by atoms with Crippen LogP contribution in [0.25, 0.3) is 10.2 Å². The lowest BCUT2D eigenvalue weighted by molar-refractivity contribution is 0.553. The van der Waals surface area contributed by atoms with Gasteiger partial charge in [0.25, 0.3) is 0 Å². The first-order valence-corrected chi connectivity index (χ1v) is 9.03. The molecule has 3 rings (SSSR count). The fourth-order valence-corrected chi connectivity index (χ4v) is 5.14. The van der Waals surface area contributed by atoms with Crippen molar-refractivity contribution in [3.63, 3.8) is 0 Å². The Hall–Kier alpha value is -0.690. The van der Waals surface area contributed by atoms with Crippen molar-refractivity contribution in [3.05, 3.63) is 28.2 Å². The third-order valence-corrected chi connectivity index (χ3v) is 6.49. The SMILES string of the molecule is O=S1(=O)CCC(NCc2nc3cccc(Cl)c3s2)C1. The summed E-state index contributed by atoms with van der Waals surface area (Å²) in [4.78, 5) is 4.49. The topological polar surface area (TPSA) is 59.1 Å². The van der Waals surface area contributed by atoms with Crippen molar-refractivity contribution in [2.45, 2.75) is 19.0 Å². The second-order valence-electron chi connectivity index (χ2n) is 4.68. The van der Waals surface area contributed by atoms with Gasteiger partial charge in [-0.1, -0.05) is 17.7 Å². The zero-order valence-electron chi connectivity index (χ0n) is 10.1. The van der Waals surface area contributed by atoms with Crippen LogP contribution in [0.5, 0.6) is 0 Å². The molecule has 0 amide bonds. The van der Waals surface area contributed by atoms with Gasteiger partial charge in [0.15, 0.2) is 9.84 Å². The summed E-state index contributed by atoms with van der Waals surface area (Å²) in [7, 11) is -2.83. The molecule has 1 unspecified atom stereocenters. The smallest absolute Gasteiger partial charge is 0.151 e. The monoisotopic (exact) mass is 316 g/mol. The van der Waals surface area contributed by atoms with Gasteiger partial charge in [-0.3, -0.25) is 0 Å². The molecule has 1 fully saturated rings. The lowest BCUT2D eigenvalue weighted by Crippen LogP contribution is -2.29. The van der Waals surface area contributed by atoms with E-state index < -0.39 is 9.84 Å². The highest BCUT2D eigenvalue weighted by molar-refractivity contribution is 7.91. The number of rotatable bonds is 3. The van der Waals surface area contributed by atoms with E-state index in [4.69, 9.17) is 11.6 Å². The van der Waals surface area contributed by atoms with E-state index >= 15 is 0 Å². The van der Waals surface area contributed by atoms with Gasteiger partial charge in [-0.25, -0.2) is 13.4 Å². The molecule has 0 radical (unpaired) electrons. The normalized spacial score (nSPS) is 22.1. The predicted octanol–water partition coefficient (Wildman–Crippen LogP) is 2.23. The van der Waals surface area contributed by atoms with Gasteiger partial charge in [0.2, 0.25) is 0 Å². The van der Waals surface area contributed by atoms with Crippen LogP contribution in [0.15, 0.2) is 18.2 Å². The molecule has 4 nitrogen and oxygen atoms in total. The van der Waals surface area contributed by atoms with Gasteiger partial charge < -0.3 is 5.32 Å². The first-order valence-electron chi connectivity index (χ1n) is 6.01. The van der Waals surface area contributed by atoms with Crippen LogP contribution in [0, 0.1) is 0 Å². The third kappa shape index (κ3) is 2.91. The maximum Gasteiger partial charge on any atom is 0.151 e. The molecule has 102 valence electrons. The van der Waals surface area contributed by atoms with E-state index in [-0.39, 0.29) is 17.5 Å². The van der Waals surface area contributed by atoms with E-state index in [0.29, 0.717) is 18.0 Å². The number of benzene rings is 1. The molecule has 1 atom stereocenters. The second kappa shape index (κ2) is 5.01. The summed E-state index contributed by atoms with van der Waals surface area (Å²) >= 11 is 7.66. The molecule has 1 saturated heterocycles. The van der Waals surface area contributed by atoms with Crippen molar-refractivity contribution in [3.8, 4) is 0 Å². The lowest BCUT2D eigenvalue weighted by atomic mass is 10.3. The molecular weight excluding hydrogens is 304 g/mol. The molecule has 19 heavy (non-hydrogen) atoms. The average molecular weight is 317 g/mol. The molecular formula is C12H13ClN2O2S2. The van der Waals surface area contributed by atoms with Gasteiger partial charge in [-0.2, -0.15) is 0 Å².